The van der Waals surface area contributed by atoms with Gasteiger partial charge in [-0.25, -0.2) is 4.98 Å². The third-order valence-corrected chi connectivity index (χ3v) is 3.22. The lowest BCUT2D eigenvalue weighted by molar-refractivity contribution is 0.771. The first kappa shape index (κ1) is 9.94. The Morgan fingerprint density at radius 2 is 2.47 bits per heavy atom. The van der Waals surface area contributed by atoms with Gasteiger partial charge in [0.2, 0.25) is 0 Å². The summed E-state index contributed by atoms with van der Waals surface area (Å²) in [5, 5.41) is 12.1. The summed E-state index contributed by atoms with van der Waals surface area (Å²) < 4.78 is 1.91. The van der Waals surface area contributed by atoms with E-state index in [2.05, 4.69) is 23.4 Å². The van der Waals surface area contributed by atoms with Crippen LogP contribution in [-0.4, -0.2) is 9.55 Å². The van der Waals surface area contributed by atoms with Gasteiger partial charge in [-0.15, -0.1) is 11.3 Å². The normalized spacial score (nSPS) is 10.1. The van der Waals surface area contributed by atoms with Crippen LogP contribution in [0.25, 0.3) is 0 Å². The molecule has 0 atom stereocenters. The number of aromatic nitrogens is 2. The fraction of sp³-hybridized carbons (Fsp3) is 0.273. The molecule has 0 saturated carbocycles. The zero-order chi connectivity index (χ0) is 10.7. The molecule has 2 aromatic heterocycles. The first-order valence-electron chi connectivity index (χ1n) is 4.82. The number of hydrogen-bond donors (Lipinski definition) is 0. The predicted octanol–water partition coefficient (Wildman–Crippen LogP) is 2.43. The van der Waals surface area contributed by atoms with Gasteiger partial charge in [-0.1, -0.05) is 6.92 Å². The van der Waals surface area contributed by atoms with Crippen molar-refractivity contribution in [3.05, 3.63) is 40.1 Å². The highest BCUT2D eigenvalue weighted by Gasteiger charge is 2.03. The summed E-state index contributed by atoms with van der Waals surface area (Å²) in [6, 6.07) is 5.85. The maximum Gasteiger partial charge on any atom is 0.120 e. The Labute approximate surface area is 92.6 Å². The van der Waals surface area contributed by atoms with E-state index in [-0.39, 0.29) is 0 Å². The molecule has 0 aliphatic heterocycles. The fourth-order valence-corrected chi connectivity index (χ4v) is 2.15. The standard InChI is InChI=1S/C11H11N3S/c1-2-11-13-9(8-15-11)7-14-5-3-4-10(14)6-12/h3-5,8H,2,7H2,1H3. The summed E-state index contributed by atoms with van der Waals surface area (Å²) >= 11 is 1.68. The van der Waals surface area contributed by atoms with Crippen molar-refractivity contribution >= 4 is 11.3 Å². The number of nitriles is 1. The van der Waals surface area contributed by atoms with Crippen molar-refractivity contribution < 1.29 is 0 Å². The second kappa shape index (κ2) is 4.28. The molecule has 0 unspecified atom stereocenters. The lowest BCUT2D eigenvalue weighted by atomic mass is 10.4. The molecule has 0 radical (unpaired) electrons. The van der Waals surface area contributed by atoms with Crippen LogP contribution in [0.2, 0.25) is 0 Å². The van der Waals surface area contributed by atoms with Crippen LogP contribution in [0.5, 0.6) is 0 Å². The van der Waals surface area contributed by atoms with E-state index in [0.29, 0.717) is 12.2 Å². The molecule has 0 saturated heterocycles. The molecule has 2 rings (SSSR count). The van der Waals surface area contributed by atoms with Gasteiger partial charge in [0.25, 0.3) is 0 Å². The molecule has 0 amide bonds. The summed E-state index contributed by atoms with van der Waals surface area (Å²) in [7, 11) is 0. The van der Waals surface area contributed by atoms with Crippen molar-refractivity contribution in [2.24, 2.45) is 0 Å². The molecular formula is C11H11N3S. The Hall–Kier alpha value is -1.60. The molecule has 0 fully saturated rings. The first-order chi connectivity index (χ1) is 7.33. The maximum absolute atomic E-state index is 8.85. The molecule has 2 heterocycles. The lowest BCUT2D eigenvalue weighted by Crippen LogP contribution is -2.00. The minimum atomic E-state index is 0.682. The van der Waals surface area contributed by atoms with Crippen LogP contribution in [-0.2, 0) is 13.0 Å². The number of aryl methyl sites for hydroxylation is 1. The van der Waals surface area contributed by atoms with E-state index in [9.17, 15) is 0 Å². The number of nitrogens with zero attached hydrogens (tertiary/aromatic N) is 3. The first-order valence-corrected chi connectivity index (χ1v) is 5.70. The van der Waals surface area contributed by atoms with E-state index in [1.165, 1.54) is 0 Å². The van der Waals surface area contributed by atoms with Crippen LogP contribution in [0.3, 0.4) is 0 Å². The second-order valence-corrected chi connectivity index (χ2v) is 4.16. The lowest BCUT2D eigenvalue weighted by Gasteiger charge is -2.00. The topological polar surface area (TPSA) is 41.6 Å². The molecule has 0 spiro atoms. The highest BCUT2D eigenvalue weighted by atomic mass is 32.1. The second-order valence-electron chi connectivity index (χ2n) is 3.22. The molecule has 4 heteroatoms. The van der Waals surface area contributed by atoms with E-state index in [1.807, 2.05) is 22.9 Å². The molecule has 76 valence electrons. The Kier molecular flexibility index (Phi) is 2.84. The molecular weight excluding hydrogens is 206 g/mol. The fourth-order valence-electron chi connectivity index (χ4n) is 1.41. The monoisotopic (exact) mass is 217 g/mol. The molecule has 0 aliphatic rings. The van der Waals surface area contributed by atoms with Gasteiger partial charge in [-0.2, -0.15) is 5.26 Å². The quantitative estimate of drug-likeness (QED) is 0.792. The molecule has 0 bridgehead atoms. The van der Waals surface area contributed by atoms with Crippen LogP contribution in [0.1, 0.15) is 23.3 Å². The molecule has 0 aromatic carbocycles. The van der Waals surface area contributed by atoms with Crippen molar-refractivity contribution in [1.82, 2.24) is 9.55 Å². The average Bonchev–Trinajstić information content (AvgIpc) is 2.87. The largest absolute Gasteiger partial charge is 0.333 e. The smallest absolute Gasteiger partial charge is 0.120 e. The Morgan fingerprint density at radius 3 is 3.13 bits per heavy atom. The van der Waals surface area contributed by atoms with Crippen molar-refractivity contribution in [2.45, 2.75) is 19.9 Å². The van der Waals surface area contributed by atoms with E-state index in [4.69, 9.17) is 5.26 Å². The minimum Gasteiger partial charge on any atom is -0.333 e. The van der Waals surface area contributed by atoms with Crippen molar-refractivity contribution in [2.75, 3.05) is 0 Å². The van der Waals surface area contributed by atoms with Crippen molar-refractivity contribution in [1.29, 1.82) is 5.26 Å². The van der Waals surface area contributed by atoms with Gasteiger partial charge >= 0.3 is 0 Å². The SMILES string of the molecule is CCc1nc(Cn2cccc2C#N)cs1. The highest BCUT2D eigenvalue weighted by Crippen LogP contribution is 2.12. The highest BCUT2D eigenvalue weighted by molar-refractivity contribution is 7.09. The molecule has 2 aromatic rings. The maximum atomic E-state index is 8.85. The van der Waals surface area contributed by atoms with E-state index >= 15 is 0 Å². The molecule has 0 aliphatic carbocycles. The van der Waals surface area contributed by atoms with Crippen LogP contribution in [0.15, 0.2) is 23.7 Å². The summed E-state index contributed by atoms with van der Waals surface area (Å²) in [4.78, 5) is 4.47. The predicted molar refractivity (Wildman–Crippen MR) is 59.7 cm³/mol. The summed E-state index contributed by atoms with van der Waals surface area (Å²) in [6.45, 7) is 2.78. The van der Waals surface area contributed by atoms with E-state index in [1.54, 1.807) is 11.3 Å². The van der Waals surface area contributed by atoms with Gasteiger partial charge in [0, 0.05) is 11.6 Å². The number of thiazole rings is 1. The Morgan fingerprint density at radius 1 is 1.60 bits per heavy atom. The van der Waals surface area contributed by atoms with Crippen molar-refractivity contribution in [3.63, 3.8) is 0 Å². The average molecular weight is 217 g/mol. The van der Waals surface area contributed by atoms with Crippen LogP contribution in [0, 0.1) is 11.3 Å². The zero-order valence-electron chi connectivity index (χ0n) is 8.47. The van der Waals surface area contributed by atoms with E-state index < -0.39 is 0 Å². The molecule has 15 heavy (non-hydrogen) atoms. The van der Waals surface area contributed by atoms with Gasteiger partial charge in [0.1, 0.15) is 11.8 Å². The summed E-state index contributed by atoms with van der Waals surface area (Å²) in [5.41, 5.74) is 1.71. The van der Waals surface area contributed by atoms with E-state index in [0.717, 1.165) is 17.1 Å². The van der Waals surface area contributed by atoms with Gasteiger partial charge in [0.05, 0.1) is 17.2 Å². The number of rotatable bonds is 3. The molecule has 0 N–H and O–H groups in total. The molecule has 3 nitrogen and oxygen atoms in total. The van der Waals surface area contributed by atoms with Gasteiger partial charge in [-0.3, -0.25) is 0 Å². The van der Waals surface area contributed by atoms with Gasteiger partial charge < -0.3 is 4.57 Å². The van der Waals surface area contributed by atoms with Crippen LogP contribution < -0.4 is 0 Å². The Bertz CT molecular complexity index is 490. The van der Waals surface area contributed by atoms with Crippen LogP contribution in [0.4, 0.5) is 0 Å². The van der Waals surface area contributed by atoms with Crippen LogP contribution >= 0.6 is 11.3 Å². The minimum absolute atomic E-state index is 0.682. The zero-order valence-corrected chi connectivity index (χ0v) is 9.29. The van der Waals surface area contributed by atoms with Gasteiger partial charge in [-0.05, 0) is 18.6 Å². The number of hydrogen-bond acceptors (Lipinski definition) is 3. The third kappa shape index (κ3) is 2.08. The third-order valence-electron chi connectivity index (χ3n) is 2.18. The Balaban J connectivity index is 2.19. The van der Waals surface area contributed by atoms with Gasteiger partial charge in [0.15, 0.2) is 0 Å². The summed E-state index contributed by atoms with van der Waals surface area (Å²) in [5.74, 6) is 0. The van der Waals surface area contributed by atoms with Crippen molar-refractivity contribution in [3.8, 4) is 6.07 Å². The summed E-state index contributed by atoms with van der Waals surface area (Å²) in [6.07, 6.45) is 2.88.